The van der Waals surface area contributed by atoms with Crippen LogP contribution in [0.1, 0.15) is 39.7 Å². The molecule has 0 aliphatic carbocycles. The molecule has 1 N–H and O–H groups in total. The molecule has 0 radical (unpaired) electrons. The number of imidazole rings is 1. The molecule has 0 bridgehead atoms. The number of aryl methyl sites for hydroxylation is 1. The van der Waals surface area contributed by atoms with Crippen molar-refractivity contribution in [3.63, 3.8) is 0 Å². The summed E-state index contributed by atoms with van der Waals surface area (Å²) in [5.74, 6) is -0.645. The molecule has 1 aromatic carbocycles. The van der Waals surface area contributed by atoms with E-state index in [2.05, 4.69) is 23.1 Å². The normalized spacial score (nSPS) is 8.59. The molecule has 0 amide bonds. The SMILES string of the molecule is C.C=C.CC.CCc1cnc(COc2cc(F)ccc2F)[nH]1. The molecule has 3 nitrogen and oxygen atoms in total. The quantitative estimate of drug-likeness (QED) is 0.779. The third kappa shape index (κ3) is 7.02. The Bertz CT molecular complexity index is 527. The van der Waals surface area contributed by atoms with Gasteiger partial charge in [0.1, 0.15) is 18.2 Å². The summed E-state index contributed by atoms with van der Waals surface area (Å²) in [6.07, 6.45) is 2.53. The van der Waals surface area contributed by atoms with E-state index in [-0.39, 0.29) is 19.8 Å². The average molecular weight is 312 g/mol. The van der Waals surface area contributed by atoms with E-state index in [1.165, 1.54) is 0 Å². The van der Waals surface area contributed by atoms with Gasteiger partial charge >= 0.3 is 0 Å². The van der Waals surface area contributed by atoms with Crippen molar-refractivity contribution in [3.05, 3.63) is 60.7 Å². The minimum absolute atomic E-state index is 0. The second-order valence-electron chi connectivity index (χ2n) is 3.57. The molecule has 0 saturated carbocycles. The lowest BCUT2D eigenvalue weighted by molar-refractivity contribution is 0.280. The molecule has 2 aromatic rings. The second-order valence-corrected chi connectivity index (χ2v) is 3.57. The number of hydrogen-bond donors (Lipinski definition) is 1. The summed E-state index contributed by atoms with van der Waals surface area (Å²) < 4.78 is 31.2. The number of ether oxygens (including phenoxy) is 1. The predicted octanol–water partition coefficient (Wildman–Crippen LogP) is 5.29. The first-order valence-corrected chi connectivity index (χ1v) is 6.79. The van der Waals surface area contributed by atoms with E-state index >= 15 is 0 Å². The van der Waals surface area contributed by atoms with Crippen molar-refractivity contribution >= 4 is 0 Å². The summed E-state index contributed by atoms with van der Waals surface area (Å²) in [7, 11) is 0. The van der Waals surface area contributed by atoms with Crippen LogP contribution >= 0.6 is 0 Å². The van der Waals surface area contributed by atoms with Gasteiger partial charge in [-0.15, -0.1) is 13.2 Å². The van der Waals surface area contributed by atoms with E-state index < -0.39 is 11.6 Å². The molecule has 0 saturated heterocycles. The number of H-pyrrole nitrogens is 1. The van der Waals surface area contributed by atoms with Gasteiger partial charge in [-0.05, 0) is 18.6 Å². The summed E-state index contributed by atoms with van der Waals surface area (Å²) in [5, 5.41) is 0. The van der Waals surface area contributed by atoms with E-state index in [1.807, 2.05) is 20.8 Å². The fraction of sp³-hybridized carbons (Fsp3) is 0.353. The van der Waals surface area contributed by atoms with Gasteiger partial charge in [0.05, 0.1) is 0 Å². The zero-order valence-electron chi connectivity index (χ0n) is 12.7. The zero-order valence-corrected chi connectivity index (χ0v) is 12.7. The summed E-state index contributed by atoms with van der Waals surface area (Å²) in [6.45, 7) is 12.1. The highest BCUT2D eigenvalue weighted by atomic mass is 19.1. The number of nitrogens with one attached hydrogen (secondary N) is 1. The number of rotatable bonds is 4. The van der Waals surface area contributed by atoms with E-state index in [1.54, 1.807) is 6.20 Å². The van der Waals surface area contributed by atoms with E-state index in [4.69, 9.17) is 4.74 Å². The minimum atomic E-state index is -0.589. The van der Waals surface area contributed by atoms with Crippen molar-refractivity contribution < 1.29 is 13.5 Å². The van der Waals surface area contributed by atoms with E-state index in [9.17, 15) is 8.78 Å². The number of nitrogens with zero attached hydrogens (tertiary/aromatic N) is 1. The first-order chi connectivity index (χ1) is 10.2. The van der Waals surface area contributed by atoms with Crippen molar-refractivity contribution in [2.24, 2.45) is 0 Å². The van der Waals surface area contributed by atoms with Crippen LogP contribution in [0.2, 0.25) is 0 Å². The lowest BCUT2D eigenvalue weighted by Crippen LogP contribution is -2.00. The molecular formula is C17H26F2N2O. The highest BCUT2D eigenvalue weighted by Crippen LogP contribution is 2.18. The number of halogens is 2. The Labute approximate surface area is 132 Å². The van der Waals surface area contributed by atoms with Crippen LogP contribution in [0.25, 0.3) is 0 Å². The van der Waals surface area contributed by atoms with Crippen LogP contribution < -0.4 is 4.74 Å². The topological polar surface area (TPSA) is 37.9 Å². The second kappa shape index (κ2) is 12.6. The Kier molecular flexibility index (Phi) is 12.6. The first-order valence-electron chi connectivity index (χ1n) is 6.79. The lowest BCUT2D eigenvalue weighted by Gasteiger charge is -2.05. The maximum atomic E-state index is 13.2. The van der Waals surface area contributed by atoms with Crippen molar-refractivity contribution in [2.45, 2.75) is 41.2 Å². The number of aromatic nitrogens is 2. The molecule has 0 atom stereocenters. The van der Waals surface area contributed by atoms with Crippen molar-refractivity contribution in [1.29, 1.82) is 0 Å². The van der Waals surface area contributed by atoms with Crippen LogP contribution in [-0.2, 0) is 13.0 Å². The van der Waals surface area contributed by atoms with Crippen molar-refractivity contribution in [1.82, 2.24) is 9.97 Å². The molecule has 0 aliphatic rings. The van der Waals surface area contributed by atoms with Gasteiger partial charge in [0.2, 0.25) is 0 Å². The monoisotopic (exact) mass is 312 g/mol. The fourth-order valence-corrected chi connectivity index (χ4v) is 1.39. The molecule has 0 fully saturated rings. The number of aromatic amines is 1. The molecule has 1 heterocycles. The summed E-state index contributed by atoms with van der Waals surface area (Å²) in [6, 6.07) is 3.09. The Morgan fingerprint density at radius 1 is 1.23 bits per heavy atom. The Hall–Kier alpha value is -2.17. The Balaban J connectivity index is 0. The maximum absolute atomic E-state index is 13.2. The third-order valence-corrected chi connectivity index (χ3v) is 2.32. The molecule has 1 aromatic heterocycles. The standard InChI is InChI=1S/C12H12F2N2O.C2H6.C2H4.CH4/c1-2-9-6-15-12(16-9)7-17-11-5-8(13)3-4-10(11)14;2*1-2;/h3-6H,2,7H2,1H3,(H,15,16);1-2H3;1-2H2;1H4. The molecule has 0 aliphatic heterocycles. The fourth-order valence-electron chi connectivity index (χ4n) is 1.39. The minimum Gasteiger partial charge on any atom is -0.483 e. The molecule has 124 valence electrons. The Morgan fingerprint density at radius 3 is 2.41 bits per heavy atom. The van der Waals surface area contributed by atoms with Gasteiger partial charge in [0, 0.05) is 18.0 Å². The van der Waals surface area contributed by atoms with Crippen LogP contribution in [-0.4, -0.2) is 9.97 Å². The van der Waals surface area contributed by atoms with Gasteiger partial charge < -0.3 is 9.72 Å². The van der Waals surface area contributed by atoms with Crippen molar-refractivity contribution in [3.8, 4) is 5.75 Å². The highest BCUT2D eigenvalue weighted by Gasteiger charge is 2.06. The molecule has 5 heteroatoms. The van der Waals surface area contributed by atoms with Crippen LogP contribution in [0.4, 0.5) is 8.78 Å². The predicted molar refractivity (Wildman–Crippen MR) is 88.0 cm³/mol. The van der Waals surface area contributed by atoms with Gasteiger partial charge in [0.25, 0.3) is 0 Å². The zero-order chi connectivity index (χ0) is 16.3. The van der Waals surface area contributed by atoms with Crippen LogP contribution in [0.3, 0.4) is 0 Å². The van der Waals surface area contributed by atoms with Gasteiger partial charge in [-0.3, -0.25) is 0 Å². The van der Waals surface area contributed by atoms with Gasteiger partial charge in [0.15, 0.2) is 11.6 Å². The lowest BCUT2D eigenvalue weighted by atomic mass is 10.3. The van der Waals surface area contributed by atoms with Crippen molar-refractivity contribution in [2.75, 3.05) is 0 Å². The summed E-state index contributed by atoms with van der Waals surface area (Å²) in [4.78, 5) is 7.07. The molecular weight excluding hydrogens is 286 g/mol. The van der Waals surface area contributed by atoms with E-state index in [0.717, 1.165) is 30.3 Å². The molecule has 2 rings (SSSR count). The first kappa shape index (κ1) is 22.1. The van der Waals surface area contributed by atoms with Gasteiger partial charge in [-0.2, -0.15) is 0 Å². The average Bonchev–Trinajstić information content (AvgIpc) is 3.00. The maximum Gasteiger partial charge on any atom is 0.165 e. The molecule has 0 unspecified atom stereocenters. The summed E-state index contributed by atoms with van der Waals surface area (Å²) >= 11 is 0. The van der Waals surface area contributed by atoms with Crippen LogP contribution in [0, 0.1) is 11.6 Å². The highest BCUT2D eigenvalue weighted by molar-refractivity contribution is 5.24. The van der Waals surface area contributed by atoms with Gasteiger partial charge in [-0.1, -0.05) is 28.2 Å². The third-order valence-electron chi connectivity index (χ3n) is 2.32. The smallest absolute Gasteiger partial charge is 0.165 e. The summed E-state index contributed by atoms with van der Waals surface area (Å²) in [5.41, 5.74) is 0.975. The Morgan fingerprint density at radius 2 is 1.86 bits per heavy atom. The molecule has 0 spiro atoms. The number of hydrogen-bond acceptors (Lipinski definition) is 2. The number of benzene rings is 1. The molecule has 22 heavy (non-hydrogen) atoms. The van der Waals surface area contributed by atoms with Gasteiger partial charge in [-0.25, -0.2) is 13.8 Å². The van der Waals surface area contributed by atoms with Crippen LogP contribution in [0.5, 0.6) is 5.75 Å². The largest absolute Gasteiger partial charge is 0.483 e. The van der Waals surface area contributed by atoms with Crippen LogP contribution in [0.15, 0.2) is 37.6 Å². The van der Waals surface area contributed by atoms with E-state index in [0.29, 0.717) is 5.82 Å².